The molecule has 0 saturated carbocycles. The molecule has 0 fully saturated rings. The molecular formula is C21H25Cl2NO3. The number of benzene rings is 2. The van der Waals surface area contributed by atoms with Gasteiger partial charge in [0.15, 0.2) is 0 Å². The van der Waals surface area contributed by atoms with E-state index < -0.39 is 5.97 Å². The van der Waals surface area contributed by atoms with Crippen molar-refractivity contribution in [1.82, 2.24) is 4.90 Å². The van der Waals surface area contributed by atoms with E-state index in [0.29, 0.717) is 23.9 Å². The molecule has 0 heterocycles. The summed E-state index contributed by atoms with van der Waals surface area (Å²) in [4.78, 5) is 14.7. The first kappa shape index (κ1) is 23.0. The minimum absolute atomic E-state index is 0. The zero-order chi connectivity index (χ0) is 18.8. The molecule has 0 aromatic heterocycles. The highest BCUT2D eigenvalue weighted by Gasteiger charge is 2.15. The number of likely N-dealkylation sites (N-methyl/N-ethyl adjacent to an activating group) is 1. The van der Waals surface area contributed by atoms with Crippen LogP contribution in [0.2, 0.25) is 5.02 Å². The molecule has 2 aromatic carbocycles. The van der Waals surface area contributed by atoms with Gasteiger partial charge in [-0.25, -0.2) is 4.79 Å². The van der Waals surface area contributed by atoms with Crippen LogP contribution in [0, 0.1) is 0 Å². The maximum absolute atomic E-state index is 12.5. The van der Waals surface area contributed by atoms with Crippen LogP contribution in [-0.4, -0.2) is 37.1 Å². The van der Waals surface area contributed by atoms with Crippen LogP contribution >= 0.6 is 24.0 Å². The van der Waals surface area contributed by atoms with Crippen molar-refractivity contribution >= 4 is 36.1 Å². The van der Waals surface area contributed by atoms with Gasteiger partial charge in [-0.2, -0.15) is 0 Å². The number of esters is 1. The molecule has 2 aromatic rings. The topological polar surface area (TPSA) is 38.8 Å². The van der Waals surface area contributed by atoms with Crippen LogP contribution in [0.3, 0.4) is 0 Å². The lowest BCUT2D eigenvalue weighted by Crippen LogP contribution is -2.28. The fourth-order valence-corrected chi connectivity index (χ4v) is 2.46. The molecule has 0 atom stereocenters. The fourth-order valence-electron chi connectivity index (χ4n) is 2.34. The molecule has 0 aliphatic heterocycles. The minimum Gasteiger partial charge on any atom is -0.458 e. The fraction of sp³-hybridized carbons (Fsp3) is 0.286. The van der Waals surface area contributed by atoms with Crippen LogP contribution in [0.5, 0.6) is 5.75 Å². The first-order valence-corrected chi connectivity index (χ1v) is 9.09. The molecule has 0 bridgehead atoms. The first-order chi connectivity index (χ1) is 12.6. The summed E-state index contributed by atoms with van der Waals surface area (Å²) >= 11 is 5.90. The zero-order valence-electron chi connectivity index (χ0n) is 15.6. The van der Waals surface area contributed by atoms with E-state index >= 15 is 0 Å². The van der Waals surface area contributed by atoms with Crippen molar-refractivity contribution < 1.29 is 14.3 Å². The molecule has 146 valence electrons. The molecule has 0 radical (unpaired) electrons. The third-order valence-corrected chi connectivity index (χ3v) is 4.13. The lowest BCUT2D eigenvalue weighted by molar-refractivity contribution is -0.141. The van der Waals surface area contributed by atoms with Crippen molar-refractivity contribution in [3.8, 4) is 5.75 Å². The van der Waals surface area contributed by atoms with E-state index in [1.807, 2.05) is 30.3 Å². The van der Waals surface area contributed by atoms with Gasteiger partial charge in [0.1, 0.15) is 12.4 Å². The maximum Gasteiger partial charge on any atom is 0.374 e. The number of carbonyl (C=O) groups excluding carboxylic acids is 1. The Hall–Kier alpha value is -2.01. The highest BCUT2D eigenvalue weighted by atomic mass is 35.5. The Morgan fingerprint density at radius 3 is 2.26 bits per heavy atom. The van der Waals surface area contributed by atoms with E-state index in [0.717, 1.165) is 18.7 Å². The molecule has 0 N–H and O–H groups in total. The van der Waals surface area contributed by atoms with Gasteiger partial charge < -0.3 is 14.4 Å². The number of ether oxygens (including phenoxy) is 2. The summed E-state index contributed by atoms with van der Waals surface area (Å²) in [5.41, 5.74) is 0.858. The molecule has 0 aliphatic carbocycles. The van der Waals surface area contributed by atoms with Crippen LogP contribution in [0.4, 0.5) is 0 Å². The van der Waals surface area contributed by atoms with E-state index in [4.69, 9.17) is 21.1 Å². The van der Waals surface area contributed by atoms with Crippen molar-refractivity contribution in [2.24, 2.45) is 0 Å². The number of rotatable bonds is 9. The maximum atomic E-state index is 12.5. The largest absolute Gasteiger partial charge is 0.458 e. The first-order valence-electron chi connectivity index (χ1n) is 8.72. The van der Waals surface area contributed by atoms with Crippen LogP contribution in [0.25, 0.3) is 6.08 Å². The average Bonchev–Trinajstić information content (AvgIpc) is 2.67. The quantitative estimate of drug-likeness (QED) is 0.329. The van der Waals surface area contributed by atoms with Gasteiger partial charge in [-0.15, -0.1) is 12.4 Å². The van der Waals surface area contributed by atoms with Gasteiger partial charge in [-0.1, -0.05) is 55.8 Å². The van der Waals surface area contributed by atoms with Crippen molar-refractivity contribution in [2.45, 2.75) is 13.8 Å². The van der Waals surface area contributed by atoms with Gasteiger partial charge in [0.05, 0.1) is 0 Å². The Morgan fingerprint density at radius 1 is 1.04 bits per heavy atom. The smallest absolute Gasteiger partial charge is 0.374 e. The highest BCUT2D eigenvalue weighted by Crippen LogP contribution is 2.20. The monoisotopic (exact) mass is 409 g/mol. The van der Waals surface area contributed by atoms with Crippen molar-refractivity contribution in [3.63, 3.8) is 0 Å². The van der Waals surface area contributed by atoms with Gasteiger partial charge in [0.2, 0.25) is 5.76 Å². The predicted molar refractivity (Wildman–Crippen MR) is 112 cm³/mol. The number of carbonyl (C=O) groups is 1. The second kappa shape index (κ2) is 12.4. The molecule has 0 amide bonds. The van der Waals surface area contributed by atoms with E-state index in [1.165, 1.54) is 0 Å². The number of nitrogens with zero attached hydrogens (tertiary/aromatic N) is 1. The molecule has 0 unspecified atom stereocenters. The van der Waals surface area contributed by atoms with E-state index in [1.54, 1.807) is 30.3 Å². The van der Waals surface area contributed by atoms with Crippen LogP contribution in [0.1, 0.15) is 19.4 Å². The summed E-state index contributed by atoms with van der Waals surface area (Å²) in [7, 11) is 0. The number of hydrogen-bond donors (Lipinski definition) is 0. The highest BCUT2D eigenvalue weighted by molar-refractivity contribution is 6.30. The Bertz CT molecular complexity index is 714. The van der Waals surface area contributed by atoms with Crippen molar-refractivity contribution in [3.05, 3.63) is 70.9 Å². The third kappa shape index (κ3) is 8.04. The second-order valence-electron chi connectivity index (χ2n) is 5.64. The number of hydrogen-bond acceptors (Lipinski definition) is 4. The molecule has 0 spiro atoms. The molecule has 2 rings (SSSR count). The van der Waals surface area contributed by atoms with E-state index in [9.17, 15) is 4.79 Å². The minimum atomic E-state index is -0.490. The van der Waals surface area contributed by atoms with Gasteiger partial charge in [0.25, 0.3) is 0 Å². The zero-order valence-corrected chi connectivity index (χ0v) is 17.1. The summed E-state index contributed by atoms with van der Waals surface area (Å²) in [6, 6.07) is 16.4. The summed E-state index contributed by atoms with van der Waals surface area (Å²) in [6.07, 6.45) is 1.67. The van der Waals surface area contributed by atoms with Gasteiger partial charge >= 0.3 is 5.97 Å². The Balaban J connectivity index is 0.00000364. The van der Waals surface area contributed by atoms with Crippen molar-refractivity contribution in [1.29, 1.82) is 0 Å². The van der Waals surface area contributed by atoms with Crippen LogP contribution in [-0.2, 0) is 9.53 Å². The van der Waals surface area contributed by atoms with E-state index in [2.05, 4.69) is 18.7 Å². The molecule has 4 nitrogen and oxygen atoms in total. The molecule has 0 aliphatic rings. The average molecular weight is 410 g/mol. The normalized spacial score (nSPS) is 11.0. The lowest BCUT2D eigenvalue weighted by atomic mass is 10.2. The molecule has 6 heteroatoms. The Morgan fingerprint density at radius 2 is 1.67 bits per heavy atom. The molecule has 0 saturated heterocycles. The SMILES string of the molecule is CCN(CC)CCOC(=O)/C(=C\c1ccccc1)Oc1ccc(Cl)cc1.Cl. The van der Waals surface area contributed by atoms with Crippen LogP contribution < -0.4 is 4.74 Å². The molecule has 27 heavy (non-hydrogen) atoms. The summed E-state index contributed by atoms with van der Waals surface area (Å²) in [6.45, 7) is 7.00. The Labute approximate surface area is 172 Å². The second-order valence-corrected chi connectivity index (χ2v) is 6.07. The van der Waals surface area contributed by atoms with Gasteiger partial charge in [0, 0.05) is 11.6 Å². The van der Waals surface area contributed by atoms with Gasteiger partial charge in [-0.3, -0.25) is 0 Å². The molecular weight excluding hydrogens is 385 g/mol. The Kier molecular flexibility index (Phi) is 10.6. The van der Waals surface area contributed by atoms with E-state index in [-0.39, 0.29) is 18.2 Å². The summed E-state index contributed by atoms with van der Waals surface area (Å²) < 4.78 is 11.2. The predicted octanol–water partition coefficient (Wildman–Crippen LogP) is 5.07. The standard InChI is InChI=1S/C21H24ClNO3.ClH/c1-3-23(4-2)14-15-25-21(24)20(16-17-8-6-5-7-9-17)26-19-12-10-18(22)11-13-19;/h5-13,16H,3-4,14-15H2,1-2H3;1H/b20-16+;. The third-order valence-electron chi connectivity index (χ3n) is 3.88. The van der Waals surface area contributed by atoms with Gasteiger partial charge in [-0.05, 0) is 49.0 Å². The summed E-state index contributed by atoms with van der Waals surface area (Å²) in [5.74, 6) is 0.173. The lowest BCUT2D eigenvalue weighted by Gasteiger charge is -2.18. The van der Waals surface area contributed by atoms with Crippen LogP contribution in [0.15, 0.2) is 60.4 Å². The summed E-state index contributed by atoms with van der Waals surface area (Å²) in [5, 5.41) is 0.604. The van der Waals surface area contributed by atoms with Crippen molar-refractivity contribution in [2.75, 3.05) is 26.2 Å². The number of halogens is 2.